The molecule has 0 spiro atoms. The molecule has 0 saturated heterocycles. The van der Waals surface area contributed by atoms with Crippen LogP contribution in [-0.4, -0.2) is 46.5 Å². The van der Waals surface area contributed by atoms with Crippen LogP contribution in [0.25, 0.3) is 23.0 Å². The fourth-order valence-corrected chi connectivity index (χ4v) is 7.49. The van der Waals surface area contributed by atoms with Gasteiger partial charge >= 0.3 is 0 Å². The van der Waals surface area contributed by atoms with Crippen molar-refractivity contribution in [3.05, 3.63) is 240 Å². The van der Waals surface area contributed by atoms with Gasteiger partial charge < -0.3 is 18.9 Å². The maximum atomic E-state index is 13.1. The van der Waals surface area contributed by atoms with Crippen LogP contribution in [0.15, 0.2) is 206 Å². The van der Waals surface area contributed by atoms with E-state index < -0.39 is 35.2 Å². The Morgan fingerprint density at radius 2 is 0.516 bits per heavy atom. The third kappa shape index (κ3) is 7.92. The first-order chi connectivity index (χ1) is 30.3. The molecule has 62 heavy (non-hydrogen) atoms. The predicted octanol–water partition coefficient (Wildman–Crippen LogP) is 8.67. The smallest absolute Gasteiger partial charge is 0.296 e. The van der Waals surface area contributed by atoms with Gasteiger partial charge in [0, 0.05) is 57.7 Å². The number of benzene rings is 6. The maximum absolute atomic E-state index is 13.1. The van der Waals surface area contributed by atoms with Crippen LogP contribution < -0.4 is 0 Å². The molecule has 4 aliphatic heterocycles. The molecule has 10 rings (SSSR count). The lowest BCUT2D eigenvalue weighted by atomic mass is 10.0. The summed E-state index contributed by atoms with van der Waals surface area (Å²) < 4.78 is 25.9. The first kappa shape index (κ1) is 39.2. The molecule has 0 aromatic heterocycles. The van der Waals surface area contributed by atoms with Gasteiger partial charge in [-0.25, -0.2) is 0 Å². The highest BCUT2D eigenvalue weighted by Crippen LogP contribution is 2.43. The zero-order chi connectivity index (χ0) is 42.5. The number of rotatable bonds is 6. The molecule has 0 fully saturated rings. The van der Waals surface area contributed by atoms with Crippen molar-refractivity contribution in [2.45, 2.75) is 11.6 Å². The second kappa shape index (κ2) is 16.8. The molecule has 0 unspecified atom stereocenters. The average Bonchev–Trinajstić information content (AvgIpc) is 3.73. The Kier molecular flexibility index (Phi) is 10.6. The van der Waals surface area contributed by atoms with E-state index in [0.717, 1.165) is 22.3 Å². The number of carbonyl (C=O) groups is 4. The number of hydrogen-bond acceptors (Lipinski definition) is 8. The third-order valence-electron chi connectivity index (χ3n) is 10.6. The van der Waals surface area contributed by atoms with Gasteiger partial charge in [-0.05, 0) is 0 Å². The molecule has 0 saturated carbocycles. The van der Waals surface area contributed by atoms with Gasteiger partial charge in [0.05, 0.1) is 0 Å². The first-order valence-electron chi connectivity index (χ1n) is 20.0. The molecule has 6 aromatic rings. The Morgan fingerprint density at radius 1 is 0.306 bits per heavy atom. The van der Waals surface area contributed by atoms with E-state index in [4.69, 9.17) is 18.9 Å². The monoisotopic (exact) mass is 818 g/mol. The summed E-state index contributed by atoms with van der Waals surface area (Å²) in [6.45, 7) is -0.150. The summed E-state index contributed by atoms with van der Waals surface area (Å²) >= 11 is 0. The molecule has 6 aromatic carbocycles. The highest BCUT2D eigenvalue weighted by Gasteiger charge is 2.49. The van der Waals surface area contributed by atoms with Crippen molar-refractivity contribution in [2.24, 2.45) is 0 Å². The summed E-state index contributed by atoms with van der Waals surface area (Å²) in [5.74, 6) is -3.21. The van der Waals surface area contributed by atoms with Gasteiger partial charge in [0.1, 0.15) is 36.1 Å². The van der Waals surface area contributed by atoms with E-state index in [-0.39, 0.29) is 13.1 Å². The van der Waals surface area contributed by atoms with Gasteiger partial charge in [-0.1, -0.05) is 182 Å². The van der Waals surface area contributed by atoms with Crippen molar-refractivity contribution in [3.63, 3.8) is 0 Å². The van der Waals surface area contributed by atoms with Gasteiger partial charge in [0.25, 0.3) is 35.2 Å². The van der Waals surface area contributed by atoms with E-state index in [1.807, 2.05) is 182 Å². The zero-order valence-electron chi connectivity index (χ0n) is 33.2. The molecule has 4 bridgehead atoms. The van der Waals surface area contributed by atoms with Crippen molar-refractivity contribution in [2.75, 3.05) is 13.1 Å². The Morgan fingerprint density at radius 3 is 0.742 bits per heavy atom. The first-order valence-corrected chi connectivity index (χ1v) is 20.0. The van der Waals surface area contributed by atoms with E-state index in [1.54, 1.807) is 0 Å². The largest absolute Gasteiger partial charge is 0.446 e. The number of carbonyl (C=O) groups excluding carboxylic acids is 4. The van der Waals surface area contributed by atoms with Crippen LogP contribution >= 0.6 is 0 Å². The normalized spacial score (nSPS) is 17.5. The van der Waals surface area contributed by atoms with Gasteiger partial charge in [0.15, 0.2) is 0 Å². The number of imide groups is 2. The SMILES string of the molecule is O=C1C=C(c2ccccc2)OC2(c3ccccc3)CN1C(=O)C=C(c1ccccc1)O2.O=C1C=C(c2ccccc2)OC2(c3ccccc3)CN1C(=O)C=C(c1ccccc1)O2. The summed E-state index contributed by atoms with van der Waals surface area (Å²) in [4.78, 5) is 54.5. The lowest BCUT2D eigenvalue weighted by Gasteiger charge is -2.35. The molecule has 304 valence electrons. The van der Waals surface area contributed by atoms with Crippen LogP contribution in [0.1, 0.15) is 33.4 Å². The topological polar surface area (TPSA) is 112 Å². The van der Waals surface area contributed by atoms with Crippen LogP contribution in [0.3, 0.4) is 0 Å². The molecule has 0 radical (unpaired) electrons. The van der Waals surface area contributed by atoms with Crippen molar-refractivity contribution in [1.82, 2.24) is 9.80 Å². The molecule has 10 heteroatoms. The van der Waals surface area contributed by atoms with E-state index in [2.05, 4.69) is 0 Å². The van der Waals surface area contributed by atoms with E-state index in [1.165, 1.54) is 34.1 Å². The molecule has 0 atom stereocenters. The molecule has 10 nitrogen and oxygen atoms in total. The minimum absolute atomic E-state index is 0.0751. The van der Waals surface area contributed by atoms with E-state index in [9.17, 15) is 19.2 Å². The highest BCUT2D eigenvalue weighted by atomic mass is 16.7. The summed E-state index contributed by atoms with van der Waals surface area (Å²) in [6, 6.07) is 56.1. The Labute approximate surface area is 357 Å². The maximum Gasteiger partial charge on any atom is 0.296 e. The summed E-state index contributed by atoms with van der Waals surface area (Å²) in [6.07, 6.45) is 5.40. The predicted molar refractivity (Wildman–Crippen MR) is 232 cm³/mol. The minimum atomic E-state index is -1.40. The molecule has 4 heterocycles. The Hall–Kier alpha value is -8.24. The van der Waals surface area contributed by atoms with Crippen LogP contribution in [0.2, 0.25) is 0 Å². The van der Waals surface area contributed by atoms with E-state index in [0.29, 0.717) is 34.2 Å². The standard InChI is InChI=1S/2C26H19NO4/c2*28-24-16-22(19-10-4-1-5-11-19)30-26(21-14-8-3-9-15-21)18-27(24)25(29)17-23(31-26)20-12-6-2-7-13-20/h2*1-17H,18H2. The molecular weight excluding hydrogens is 781 g/mol. The molecule has 4 aliphatic rings. The minimum Gasteiger partial charge on any atom is -0.446 e. The van der Waals surface area contributed by atoms with Crippen molar-refractivity contribution < 1.29 is 38.1 Å². The number of hydrogen-bond donors (Lipinski definition) is 0. The molecule has 4 amide bonds. The van der Waals surface area contributed by atoms with E-state index >= 15 is 0 Å². The number of fused-ring (bicyclic) bond motifs is 4. The van der Waals surface area contributed by atoms with Gasteiger partial charge in [-0.3, -0.25) is 29.0 Å². The van der Waals surface area contributed by atoms with Crippen LogP contribution in [0, 0.1) is 0 Å². The molecule has 0 N–H and O–H groups in total. The fraction of sp³-hybridized carbons (Fsp3) is 0.0769. The zero-order valence-corrected chi connectivity index (χ0v) is 33.2. The Balaban J connectivity index is 0.000000158. The van der Waals surface area contributed by atoms with Gasteiger partial charge in [-0.2, -0.15) is 0 Å². The lowest BCUT2D eigenvalue weighted by Crippen LogP contribution is -2.45. The molecule has 0 aliphatic carbocycles. The highest BCUT2D eigenvalue weighted by molar-refractivity contribution is 6.10. The van der Waals surface area contributed by atoms with Crippen LogP contribution in [-0.2, 0) is 49.7 Å². The second-order valence-corrected chi connectivity index (χ2v) is 14.7. The van der Waals surface area contributed by atoms with Gasteiger partial charge in [-0.15, -0.1) is 0 Å². The second-order valence-electron chi connectivity index (χ2n) is 14.7. The summed E-state index contributed by atoms with van der Waals surface area (Å²) in [5, 5.41) is 0. The molecular formula is C52H38N2O8. The lowest BCUT2D eigenvalue weighted by molar-refractivity contribution is -0.174. The average molecular weight is 819 g/mol. The van der Waals surface area contributed by atoms with Gasteiger partial charge in [0.2, 0.25) is 0 Å². The number of nitrogens with zero attached hydrogens (tertiary/aromatic N) is 2. The van der Waals surface area contributed by atoms with Crippen LogP contribution in [0.4, 0.5) is 0 Å². The Bertz CT molecular complexity index is 2420. The van der Waals surface area contributed by atoms with Crippen molar-refractivity contribution in [1.29, 1.82) is 0 Å². The summed E-state index contributed by atoms with van der Waals surface area (Å²) in [7, 11) is 0. The summed E-state index contributed by atoms with van der Waals surface area (Å²) in [5.41, 5.74) is 4.29. The van der Waals surface area contributed by atoms with Crippen molar-refractivity contribution in [3.8, 4) is 0 Å². The third-order valence-corrected chi connectivity index (χ3v) is 10.6. The number of amides is 4. The number of ether oxygens (including phenoxy) is 4. The van der Waals surface area contributed by atoms with Crippen molar-refractivity contribution >= 4 is 46.7 Å². The van der Waals surface area contributed by atoms with Crippen LogP contribution in [0.5, 0.6) is 0 Å². The quantitative estimate of drug-likeness (QED) is 0.154. The fourth-order valence-electron chi connectivity index (χ4n) is 7.49.